The van der Waals surface area contributed by atoms with Gasteiger partial charge in [0.05, 0.1) is 16.8 Å². The molecule has 5 radical (unpaired) electrons. The molecule has 0 amide bonds. The predicted molar refractivity (Wildman–Crippen MR) is 238 cm³/mol. The van der Waals surface area contributed by atoms with Crippen molar-refractivity contribution in [2.24, 2.45) is 25.4 Å². The Hall–Kier alpha value is -0.640. The van der Waals surface area contributed by atoms with Crippen molar-refractivity contribution in [1.82, 2.24) is 15.0 Å². The number of aromatic nitrogens is 3. The van der Waals surface area contributed by atoms with Gasteiger partial charge in [0.2, 0.25) is 16.2 Å². The van der Waals surface area contributed by atoms with Gasteiger partial charge in [-0.05, 0) is 71.1 Å². The molecule has 5 aromatic carbocycles. The Morgan fingerprint density at radius 1 is 0.561 bits per heavy atom. The van der Waals surface area contributed by atoms with Crippen LogP contribution in [0.5, 0.6) is 5.75 Å². The molecule has 1 aromatic heterocycles. The molecule has 0 saturated heterocycles. The summed E-state index contributed by atoms with van der Waals surface area (Å²) in [5.74, 6) is -1.33. The van der Waals surface area contributed by atoms with Crippen molar-refractivity contribution < 1.29 is 70.0 Å². The van der Waals surface area contributed by atoms with Crippen molar-refractivity contribution in [3.8, 4) is 5.75 Å². The predicted octanol–water partition coefficient (Wildman–Crippen LogP) is 3.10. The third kappa shape index (κ3) is 14.3. The molecule has 0 saturated carbocycles. The first-order chi connectivity index (χ1) is 28.1. The second-order valence-electron chi connectivity index (χ2n) is 11.8. The summed E-state index contributed by atoms with van der Waals surface area (Å²) in [4.78, 5) is 8.37. The Morgan fingerprint density at radius 3 is 1.62 bits per heavy atom. The fourth-order valence-corrected chi connectivity index (χ4v) is 9.41. The van der Waals surface area contributed by atoms with Crippen molar-refractivity contribution in [2.45, 2.75) is 24.5 Å². The molecule has 0 aliphatic carbocycles. The Kier molecular flexibility index (Phi) is 22.8. The first-order valence-corrected chi connectivity index (χ1v) is 23.4. The van der Waals surface area contributed by atoms with Crippen LogP contribution in [0, 0.1) is 0 Å². The molecule has 0 unspecified atom stereocenters. The minimum Gasteiger partial charge on any atom is -0.505 e. The molecule has 37 heteroatoms. The van der Waals surface area contributed by atoms with E-state index in [1.807, 2.05) is 0 Å². The molecule has 0 fully saturated rings. The Morgan fingerprint density at radius 2 is 1.09 bits per heavy atom. The first kappa shape index (κ1) is 63.4. The second-order valence-corrected chi connectivity index (χ2v) is 19.5. The van der Waals surface area contributed by atoms with Crippen LogP contribution in [0.1, 0.15) is 0 Å². The molecule has 1 heterocycles. The maximum Gasteiger partial charge on any atom is 0.297 e. The zero-order valence-corrected chi connectivity index (χ0v) is 49.6. The minimum absolute atomic E-state index is 0. The number of phenols is 1. The van der Waals surface area contributed by atoms with Gasteiger partial charge in [-0.25, -0.2) is 4.99 Å². The van der Waals surface area contributed by atoms with Gasteiger partial charge in [-0.2, -0.15) is 52.1 Å². The van der Waals surface area contributed by atoms with E-state index in [4.69, 9.17) is 28.9 Å². The van der Waals surface area contributed by atoms with Crippen molar-refractivity contribution in [3.05, 3.63) is 76.8 Å². The molecule has 9 N–H and O–H groups in total. The van der Waals surface area contributed by atoms with Crippen LogP contribution < -0.4 is 11.4 Å². The summed E-state index contributed by atoms with van der Waals surface area (Å²) in [6, 6.07) is 8.27. The summed E-state index contributed by atoms with van der Waals surface area (Å²) in [5, 5.41) is 22.9. The number of rotatable bonds is 10. The number of nitrogen functional groups attached to an aromatic ring is 1. The van der Waals surface area contributed by atoms with Crippen LogP contribution in [0.2, 0.25) is 10.6 Å². The molecule has 0 atom stereocenters. The standard InChI is InChI=1S/C29H19Cl2N9O16S5.5Na/c30-27-34-28(31)36-29(35-27)33-12-4-7-18(58(45,46)47)16(10-12)38-40-24-20(60(51,52)53)9-11-8-19(59(48,49)50)23(22(32)21(11)25(24)41)39-37-15-6-5-13-14(26(15)61(54,55)56)2-1-3-17(13)57(42,43)44;;;;;/h1-10,41H,32H2,(H,42,43,44)(H,45,46,47)(H,48,49,50)(H,51,52,53)(H,54,55,56)(H,33,34,35,36);;;;;. The number of anilines is 1. The van der Waals surface area contributed by atoms with Gasteiger partial charge >= 0.3 is 0 Å². The SMILES string of the molecule is Nc1c(N=Nc2ccc3c(S(=O)(=O)O)cccc3c2S(=O)(=O)O)c(S(=O)(=O)O)cc2cc(S(=O)(=O)O)c(N=Nc3cc(N=c4nc(Cl)nc(Cl)[nH]4)ccc3S(=O)(=O)O)c(O)c12.[Na].[Na].[Na].[Na].[Na]. The van der Waals surface area contributed by atoms with E-state index in [2.05, 4.69) is 40.4 Å². The summed E-state index contributed by atoms with van der Waals surface area (Å²) < 4.78 is 174. The number of fused-ring (bicyclic) bond motifs is 2. The van der Waals surface area contributed by atoms with Gasteiger partial charge in [0, 0.05) is 159 Å². The van der Waals surface area contributed by atoms with Gasteiger partial charge in [0.1, 0.15) is 47.2 Å². The van der Waals surface area contributed by atoms with E-state index in [1.54, 1.807) is 0 Å². The van der Waals surface area contributed by atoms with E-state index >= 15 is 0 Å². The average molecular weight is 1100 g/mol. The molecule has 0 aliphatic heterocycles. The van der Waals surface area contributed by atoms with Crippen molar-refractivity contribution in [2.75, 3.05) is 5.73 Å². The van der Waals surface area contributed by atoms with Crippen LogP contribution in [-0.2, 0) is 50.6 Å². The summed E-state index contributed by atoms with van der Waals surface area (Å²) in [7, 11) is -26.4. The van der Waals surface area contributed by atoms with E-state index in [0.29, 0.717) is 12.1 Å². The molecule has 325 valence electrons. The summed E-state index contributed by atoms with van der Waals surface area (Å²) in [6.45, 7) is 0. The first-order valence-electron chi connectivity index (χ1n) is 15.4. The molecule has 0 aliphatic rings. The van der Waals surface area contributed by atoms with Gasteiger partial charge < -0.3 is 10.8 Å². The number of halogens is 2. The zero-order valence-electron chi connectivity index (χ0n) is 34.0. The number of H-pyrrole nitrogens is 1. The Balaban J connectivity index is 0.00000436. The van der Waals surface area contributed by atoms with Gasteiger partial charge in [-0.1, -0.05) is 18.2 Å². The van der Waals surface area contributed by atoms with Crippen molar-refractivity contribution in [3.63, 3.8) is 0 Å². The topological polar surface area (TPSA) is 421 Å². The van der Waals surface area contributed by atoms with Gasteiger partial charge in [0.25, 0.3) is 50.6 Å². The normalized spacial score (nSPS) is 12.6. The number of nitrogens with two attached hydrogens (primary N) is 1. The molecule has 0 spiro atoms. The van der Waals surface area contributed by atoms with Crippen LogP contribution in [0.15, 0.2) is 111 Å². The molecular formula is C29H19Cl2N9Na5O16S5. The number of aromatic hydroxyl groups is 1. The van der Waals surface area contributed by atoms with Crippen molar-refractivity contribution in [1.29, 1.82) is 0 Å². The number of phenolic OH excluding ortho intramolecular Hbond substituents is 1. The third-order valence-electron chi connectivity index (χ3n) is 7.93. The Labute approximate surface area is 492 Å². The largest absolute Gasteiger partial charge is 0.505 e. The van der Waals surface area contributed by atoms with Crippen LogP contribution in [0.25, 0.3) is 21.5 Å². The molecule has 6 aromatic rings. The van der Waals surface area contributed by atoms with E-state index in [9.17, 15) is 70.0 Å². The zero-order chi connectivity index (χ0) is 45.2. The van der Waals surface area contributed by atoms with E-state index in [-0.39, 0.29) is 170 Å². The second kappa shape index (κ2) is 23.7. The number of hydrogen-bond acceptors (Lipinski definition) is 19. The van der Waals surface area contributed by atoms with Crippen molar-refractivity contribution >= 4 is 277 Å². The van der Waals surface area contributed by atoms with Gasteiger partial charge in [-0.15, -0.1) is 20.5 Å². The number of nitrogens with zero attached hydrogens (tertiary/aromatic N) is 7. The number of aromatic amines is 1. The van der Waals surface area contributed by atoms with E-state index < -0.39 is 131 Å². The van der Waals surface area contributed by atoms with Crippen LogP contribution in [0.4, 0.5) is 34.1 Å². The number of hydrogen-bond donors (Lipinski definition) is 8. The minimum atomic E-state index is -5.49. The summed E-state index contributed by atoms with van der Waals surface area (Å²) in [5.41, 5.74) is 0.907. The summed E-state index contributed by atoms with van der Waals surface area (Å²) >= 11 is 11.6. The molecule has 0 bridgehead atoms. The average Bonchev–Trinajstić information content (AvgIpc) is 3.10. The maximum atomic E-state index is 12.6. The Bertz CT molecular complexity index is 3630. The molecule has 66 heavy (non-hydrogen) atoms. The van der Waals surface area contributed by atoms with Gasteiger partial charge in [0.15, 0.2) is 5.75 Å². The van der Waals surface area contributed by atoms with E-state index in [1.165, 1.54) is 0 Å². The molecule has 6 rings (SSSR count). The number of azo groups is 2. The van der Waals surface area contributed by atoms with E-state index in [0.717, 1.165) is 48.5 Å². The van der Waals surface area contributed by atoms with Crippen LogP contribution >= 0.6 is 23.2 Å². The molecule has 25 nitrogen and oxygen atoms in total. The van der Waals surface area contributed by atoms with Crippen LogP contribution in [-0.4, -0.2) is 233 Å². The third-order valence-corrected chi connectivity index (χ3v) is 12.8. The number of benzene rings is 5. The fraction of sp³-hybridized carbons (Fsp3) is 0. The fourth-order valence-electron chi connectivity index (χ4n) is 5.57. The smallest absolute Gasteiger partial charge is 0.297 e. The quantitative estimate of drug-likeness (QED) is 0.0423. The van der Waals surface area contributed by atoms with Gasteiger partial charge in [-0.3, -0.25) is 27.7 Å². The maximum absolute atomic E-state index is 12.6. The molecular weight excluding hydrogens is 1080 g/mol. The van der Waals surface area contributed by atoms with Crippen LogP contribution in [0.3, 0.4) is 0 Å². The number of nitrogens with one attached hydrogen (secondary N) is 1. The monoisotopic (exact) mass is 1090 g/mol. The summed E-state index contributed by atoms with van der Waals surface area (Å²) in [6.07, 6.45) is 0.